The number of hydrogen-bond donors (Lipinski definition) is 2. The number of carbonyl (C=O) groups excluding carboxylic acids is 3. The molecule has 1 saturated heterocycles. The molecule has 2 N–H and O–H groups in total. The zero-order valence-electron chi connectivity index (χ0n) is 18.4. The highest BCUT2D eigenvalue weighted by Crippen LogP contribution is 2.21. The maximum atomic E-state index is 12.7. The molecular formula is C23H29N3O5. The molecule has 2 heterocycles. The van der Waals surface area contributed by atoms with Gasteiger partial charge in [-0.2, -0.15) is 0 Å². The monoisotopic (exact) mass is 427 g/mol. The molecule has 0 unspecified atom stereocenters. The van der Waals surface area contributed by atoms with Gasteiger partial charge in [0, 0.05) is 30.4 Å². The molecule has 3 rings (SSSR count). The molecule has 0 radical (unpaired) electrons. The van der Waals surface area contributed by atoms with Crippen molar-refractivity contribution in [1.29, 1.82) is 0 Å². The number of hydrogen-bond acceptors (Lipinski definition) is 5. The number of likely N-dealkylation sites (tertiary alicyclic amines) is 1. The number of nitrogens with zero attached hydrogens (tertiary/aromatic N) is 1. The molecule has 0 aliphatic carbocycles. The van der Waals surface area contributed by atoms with Gasteiger partial charge in [0.15, 0.2) is 0 Å². The first-order valence-electron chi connectivity index (χ1n) is 10.3. The van der Waals surface area contributed by atoms with Crippen molar-refractivity contribution in [3.8, 4) is 5.75 Å². The van der Waals surface area contributed by atoms with E-state index in [0.717, 1.165) is 5.56 Å². The smallest absolute Gasteiger partial charge is 0.339 e. The summed E-state index contributed by atoms with van der Waals surface area (Å²) in [5, 5.41) is 3.02. The van der Waals surface area contributed by atoms with Gasteiger partial charge in [-0.05, 0) is 38.3 Å². The average Bonchev–Trinajstić information content (AvgIpc) is 3.08. The highest BCUT2D eigenvalue weighted by atomic mass is 16.5. The minimum Gasteiger partial charge on any atom is -0.496 e. The average molecular weight is 428 g/mol. The van der Waals surface area contributed by atoms with Gasteiger partial charge < -0.3 is 24.7 Å². The minimum absolute atomic E-state index is 0.0348. The highest BCUT2D eigenvalue weighted by Gasteiger charge is 2.27. The standard InChI is InChI=1S/C23H29N3O5/c1-14-20(23(29)31-4)15(2)24-21(14)22(28)25-17-9-11-26(12-10-17)19(27)13-16-7-5-6-8-18(16)30-3/h5-8,17,24H,9-13H2,1-4H3,(H,25,28). The van der Waals surface area contributed by atoms with Crippen molar-refractivity contribution in [3.63, 3.8) is 0 Å². The molecule has 0 bridgehead atoms. The van der Waals surface area contributed by atoms with Gasteiger partial charge in [-0.3, -0.25) is 9.59 Å². The van der Waals surface area contributed by atoms with Crippen LogP contribution in [0.3, 0.4) is 0 Å². The predicted molar refractivity (Wildman–Crippen MR) is 115 cm³/mol. The summed E-state index contributed by atoms with van der Waals surface area (Å²) in [6, 6.07) is 7.48. The zero-order valence-corrected chi connectivity index (χ0v) is 18.4. The molecule has 8 nitrogen and oxygen atoms in total. The van der Waals surface area contributed by atoms with Crippen LogP contribution in [0.4, 0.5) is 0 Å². The first-order valence-corrected chi connectivity index (χ1v) is 10.3. The Morgan fingerprint density at radius 3 is 2.45 bits per heavy atom. The van der Waals surface area contributed by atoms with Gasteiger partial charge in [0.2, 0.25) is 5.91 Å². The van der Waals surface area contributed by atoms with E-state index in [1.807, 2.05) is 29.2 Å². The molecule has 166 valence electrons. The Morgan fingerprint density at radius 1 is 1.13 bits per heavy atom. The van der Waals surface area contributed by atoms with E-state index in [1.165, 1.54) is 7.11 Å². The lowest BCUT2D eigenvalue weighted by atomic mass is 10.0. The molecule has 2 aromatic rings. The number of esters is 1. The Bertz CT molecular complexity index is 974. The summed E-state index contributed by atoms with van der Waals surface area (Å²) in [7, 11) is 2.91. The van der Waals surface area contributed by atoms with Crippen molar-refractivity contribution in [2.24, 2.45) is 0 Å². The lowest BCUT2D eigenvalue weighted by molar-refractivity contribution is -0.131. The van der Waals surface area contributed by atoms with E-state index in [4.69, 9.17) is 9.47 Å². The van der Waals surface area contributed by atoms with E-state index in [1.54, 1.807) is 21.0 Å². The number of benzene rings is 1. The summed E-state index contributed by atoms with van der Waals surface area (Å²) in [5.41, 5.74) is 2.80. The van der Waals surface area contributed by atoms with E-state index >= 15 is 0 Å². The van der Waals surface area contributed by atoms with Crippen LogP contribution in [0.1, 0.15) is 50.5 Å². The Hall–Kier alpha value is -3.29. The molecule has 2 amide bonds. The fourth-order valence-corrected chi connectivity index (χ4v) is 4.04. The third kappa shape index (κ3) is 4.90. The quantitative estimate of drug-likeness (QED) is 0.690. The summed E-state index contributed by atoms with van der Waals surface area (Å²) < 4.78 is 10.1. The number of rotatable bonds is 6. The summed E-state index contributed by atoms with van der Waals surface area (Å²) in [6.07, 6.45) is 1.64. The van der Waals surface area contributed by atoms with Crippen LogP contribution in [-0.2, 0) is 16.0 Å². The van der Waals surface area contributed by atoms with Crippen molar-refractivity contribution in [2.45, 2.75) is 39.2 Å². The molecule has 1 aromatic carbocycles. The number of aromatic amines is 1. The van der Waals surface area contributed by atoms with Crippen molar-refractivity contribution in [1.82, 2.24) is 15.2 Å². The highest BCUT2D eigenvalue weighted by molar-refractivity contribution is 6.00. The fraction of sp³-hybridized carbons (Fsp3) is 0.435. The van der Waals surface area contributed by atoms with Crippen LogP contribution in [0.15, 0.2) is 24.3 Å². The van der Waals surface area contributed by atoms with E-state index in [9.17, 15) is 14.4 Å². The number of para-hydroxylation sites is 1. The number of amides is 2. The van der Waals surface area contributed by atoms with Crippen LogP contribution in [0, 0.1) is 13.8 Å². The topological polar surface area (TPSA) is 101 Å². The second-order valence-electron chi connectivity index (χ2n) is 7.73. The molecule has 1 aromatic heterocycles. The summed E-state index contributed by atoms with van der Waals surface area (Å²) in [6.45, 7) is 4.62. The van der Waals surface area contributed by atoms with E-state index in [2.05, 4.69) is 10.3 Å². The number of piperidine rings is 1. The van der Waals surface area contributed by atoms with E-state index < -0.39 is 5.97 Å². The number of methoxy groups -OCH3 is 2. The Balaban J connectivity index is 1.56. The summed E-state index contributed by atoms with van der Waals surface area (Å²) in [4.78, 5) is 42.2. The largest absolute Gasteiger partial charge is 0.496 e. The van der Waals surface area contributed by atoms with E-state index in [0.29, 0.717) is 54.2 Å². The van der Waals surface area contributed by atoms with E-state index in [-0.39, 0.29) is 24.3 Å². The molecule has 8 heteroatoms. The predicted octanol–water partition coefficient (Wildman–Crippen LogP) is 2.39. The number of aryl methyl sites for hydroxylation is 1. The van der Waals surface area contributed by atoms with Crippen LogP contribution >= 0.6 is 0 Å². The first-order chi connectivity index (χ1) is 14.8. The maximum Gasteiger partial charge on any atom is 0.339 e. The molecule has 1 aliphatic rings. The lowest BCUT2D eigenvalue weighted by Gasteiger charge is -2.32. The van der Waals surface area contributed by atoms with Gasteiger partial charge in [-0.1, -0.05) is 18.2 Å². The summed E-state index contributed by atoms with van der Waals surface area (Å²) in [5.74, 6) is 0.0375. The van der Waals surface area contributed by atoms with Crippen LogP contribution in [-0.4, -0.2) is 61.0 Å². The second kappa shape index (κ2) is 9.68. The lowest BCUT2D eigenvalue weighted by Crippen LogP contribution is -2.47. The number of ether oxygens (including phenoxy) is 2. The van der Waals surface area contributed by atoms with Gasteiger partial charge in [0.1, 0.15) is 11.4 Å². The third-order valence-corrected chi connectivity index (χ3v) is 5.77. The zero-order chi connectivity index (χ0) is 22.5. The molecule has 1 fully saturated rings. The Kier molecular flexibility index (Phi) is 6.99. The van der Waals surface area contributed by atoms with Crippen molar-refractivity contribution in [3.05, 3.63) is 52.3 Å². The van der Waals surface area contributed by atoms with Gasteiger partial charge in [-0.15, -0.1) is 0 Å². The van der Waals surface area contributed by atoms with Crippen LogP contribution in [0.25, 0.3) is 0 Å². The van der Waals surface area contributed by atoms with Crippen LogP contribution in [0.5, 0.6) is 5.75 Å². The van der Waals surface area contributed by atoms with Gasteiger partial charge >= 0.3 is 5.97 Å². The molecule has 31 heavy (non-hydrogen) atoms. The van der Waals surface area contributed by atoms with Crippen LogP contribution in [0.2, 0.25) is 0 Å². The molecule has 0 atom stereocenters. The molecule has 1 aliphatic heterocycles. The molecular weight excluding hydrogens is 398 g/mol. The fourth-order valence-electron chi connectivity index (χ4n) is 4.04. The van der Waals surface area contributed by atoms with Crippen molar-refractivity contribution in [2.75, 3.05) is 27.3 Å². The number of nitrogens with one attached hydrogen (secondary N) is 2. The first kappa shape index (κ1) is 22.4. The second-order valence-corrected chi connectivity index (χ2v) is 7.73. The van der Waals surface area contributed by atoms with Crippen molar-refractivity contribution >= 4 is 17.8 Å². The number of carbonyl (C=O) groups is 3. The van der Waals surface area contributed by atoms with Crippen LogP contribution < -0.4 is 10.1 Å². The molecule has 0 spiro atoms. The maximum absolute atomic E-state index is 12.7. The Morgan fingerprint density at radius 2 is 1.81 bits per heavy atom. The number of H-pyrrole nitrogens is 1. The Labute approximate surface area is 181 Å². The SMILES string of the molecule is COC(=O)c1c(C)[nH]c(C(=O)NC2CCN(C(=O)Cc3ccccc3OC)CC2)c1C. The normalized spacial score (nSPS) is 14.3. The van der Waals surface area contributed by atoms with Gasteiger partial charge in [-0.25, -0.2) is 4.79 Å². The van der Waals surface area contributed by atoms with Gasteiger partial charge in [0.25, 0.3) is 5.91 Å². The third-order valence-electron chi connectivity index (χ3n) is 5.77. The summed E-state index contributed by atoms with van der Waals surface area (Å²) >= 11 is 0. The minimum atomic E-state index is -0.466. The van der Waals surface area contributed by atoms with Crippen molar-refractivity contribution < 1.29 is 23.9 Å². The number of aromatic nitrogens is 1. The molecule has 0 saturated carbocycles. The van der Waals surface area contributed by atoms with Gasteiger partial charge in [0.05, 0.1) is 26.2 Å².